The van der Waals surface area contributed by atoms with E-state index < -0.39 is 5.97 Å². The third kappa shape index (κ3) is 2.80. The van der Waals surface area contributed by atoms with Crippen LogP contribution < -0.4 is 5.73 Å². The molecule has 1 heterocycles. The van der Waals surface area contributed by atoms with Gasteiger partial charge in [0, 0.05) is 12.6 Å². The van der Waals surface area contributed by atoms with E-state index in [2.05, 4.69) is 5.10 Å². The maximum Gasteiger partial charge on any atom is 0.356 e. The number of hydrogen-bond acceptors (Lipinski definition) is 5. The molecule has 6 heteroatoms. The van der Waals surface area contributed by atoms with Gasteiger partial charge in [-0.2, -0.15) is 5.10 Å². The number of nitrogens with zero attached hydrogens (tertiary/aromatic N) is 2. The van der Waals surface area contributed by atoms with Crippen molar-refractivity contribution in [3.63, 3.8) is 0 Å². The molecule has 0 unspecified atom stereocenters. The molecular formula is C13H15N3O2S. The standard InChI is InChI=1S/C13H15N3O2S/c1-18-13(17)11-7-12(19-2)15-16(11)10-5-3-4-9(6-10)8-14/h3-7H,8,14H2,1-2H3. The summed E-state index contributed by atoms with van der Waals surface area (Å²) in [5, 5.41) is 5.14. The van der Waals surface area contributed by atoms with Crippen LogP contribution >= 0.6 is 11.8 Å². The van der Waals surface area contributed by atoms with Crippen molar-refractivity contribution in [3.8, 4) is 5.69 Å². The molecule has 0 saturated carbocycles. The summed E-state index contributed by atoms with van der Waals surface area (Å²) in [4.78, 5) is 11.8. The first kappa shape index (κ1) is 13.6. The highest BCUT2D eigenvalue weighted by Gasteiger charge is 2.16. The van der Waals surface area contributed by atoms with Gasteiger partial charge in [-0.15, -0.1) is 11.8 Å². The van der Waals surface area contributed by atoms with Gasteiger partial charge in [-0.1, -0.05) is 12.1 Å². The van der Waals surface area contributed by atoms with Gasteiger partial charge in [0.05, 0.1) is 12.8 Å². The van der Waals surface area contributed by atoms with Gasteiger partial charge in [-0.05, 0) is 24.0 Å². The Morgan fingerprint density at radius 1 is 1.47 bits per heavy atom. The number of thioether (sulfide) groups is 1. The Labute approximate surface area is 115 Å². The Balaban J connectivity index is 2.53. The molecule has 19 heavy (non-hydrogen) atoms. The van der Waals surface area contributed by atoms with Crippen molar-refractivity contribution in [3.05, 3.63) is 41.6 Å². The number of nitrogens with two attached hydrogens (primary N) is 1. The molecular weight excluding hydrogens is 262 g/mol. The number of ether oxygens (including phenoxy) is 1. The van der Waals surface area contributed by atoms with Crippen LogP contribution in [0.4, 0.5) is 0 Å². The fourth-order valence-electron chi connectivity index (χ4n) is 1.72. The molecule has 1 aromatic carbocycles. The van der Waals surface area contributed by atoms with Gasteiger partial charge in [-0.3, -0.25) is 0 Å². The van der Waals surface area contributed by atoms with Crippen molar-refractivity contribution >= 4 is 17.7 Å². The van der Waals surface area contributed by atoms with Crippen molar-refractivity contribution < 1.29 is 9.53 Å². The van der Waals surface area contributed by atoms with Crippen LogP contribution in [0.5, 0.6) is 0 Å². The van der Waals surface area contributed by atoms with E-state index in [0.717, 1.165) is 16.3 Å². The number of methoxy groups -OCH3 is 1. The van der Waals surface area contributed by atoms with E-state index in [4.69, 9.17) is 10.5 Å². The quantitative estimate of drug-likeness (QED) is 0.682. The third-order valence-corrected chi connectivity index (χ3v) is 3.30. The number of rotatable bonds is 4. The molecule has 0 aliphatic carbocycles. The van der Waals surface area contributed by atoms with Crippen molar-refractivity contribution in [2.24, 2.45) is 5.73 Å². The lowest BCUT2D eigenvalue weighted by Gasteiger charge is -2.07. The van der Waals surface area contributed by atoms with Crippen LogP contribution in [0.1, 0.15) is 16.1 Å². The third-order valence-electron chi connectivity index (χ3n) is 2.68. The van der Waals surface area contributed by atoms with Crippen LogP contribution in [0.25, 0.3) is 5.69 Å². The van der Waals surface area contributed by atoms with Gasteiger partial charge < -0.3 is 10.5 Å². The zero-order chi connectivity index (χ0) is 13.8. The first-order valence-corrected chi connectivity index (χ1v) is 6.93. The fourth-order valence-corrected chi connectivity index (χ4v) is 2.11. The van der Waals surface area contributed by atoms with Crippen LogP contribution in [-0.4, -0.2) is 29.1 Å². The van der Waals surface area contributed by atoms with E-state index in [9.17, 15) is 4.79 Å². The Hall–Kier alpha value is -1.79. The van der Waals surface area contributed by atoms with Gasteiger partial charge in [0.25, 0.3) is 0 Å². The predicted molar refractivity (Wildman–Crippen MR) is 74.6 cm³/mol. The summed E-state index contributed by atoms with van der Waals surface area (Å²) in [5.74, 6) is -0.411. The van der Waals surface area contributed by atoms with E-state index in [1.807, 2.05) is 30.5 Å². The lowest BCUT2D eigenvalue weighted by atomic mass is 10.2. The number of carbonyl (C=O) groups is 1. The lowest BCUT2D eigenvalue weighted by Crippen LogP contribution is -2.10. The lowest BCUT2D eigenvalue weighted by molar-refractivity contribution is 0.0590. The zero-order valence-electron chi connectivity index (χ0n) is 10.8. The Morgan fingerprint density at radius 3 is 2.89 bits per heavy atom. The summed E-state index contributed by atoms with van der Waals surface area (Å²) < 4.78 is 6.36. The van der Waals surface area contributed by atoms with E-state index >= 15 is 0 Å². The molecule has 5 nitrogen and oxygen atoms in total. The first-order valence-electron chi connectivity index (χ1n) is 5.71. The minimum absolute atomic E-state index is 0.404. The second-order valence-electron chi connectivity index (χ2n) is 3.85. The van der Waals surface area contributed by atoms with Crippen molar-refractivity contribution in [1.29, 1.82) is 0 Å². The summed E-state index contributed by atoms with van der Waals surface area (Å²) >= 11 is 1.47. The zero-order valence-corrected chi connectivity index (χ0v) is 11.6. The van der Waals surface area contributed by atoms with Gasteiger partial charge in [-0.25, -0.2) is 9.48 Å². The molecule has 0 aliphatic rings. The van der Waals surface area contributed by atoms with Crippen LogP contribution in [-0.2, 0) is 11.3 Å². The highest BCUT2D eigenvalue weighted by atomic mass is 32.2. The summed E-state index contributed by atoms with van der Waals surface area (Å²) in [6.45, 7) is 0.443. The SMILES string of the molecule is COC(=O)c1cc(SC)nn1-c1cccc(CN)c1. The highest BCUT2D eigenvalue weighted by Crippen LogP contribution is 2.20. The molecule has 1 aromatic heterocycles. The molecule has 100 valence electrons. The average molecular weight is 277 g/mol. The van der Waals surface area contributed by atoms with Gasteiger partial charge in [0.1, 0.15) is 5.03 Å². The van der Waals surface area contributed by atoms with Crippen LogP contribution in [0.15, 0.2) is 35.4 Å². The summed E-state index contributed by atoms with van der Waals surface area (Å²) in [6.07, 6.45) is 1.91. The number of carbonyl (C=O) groups excluding carboxylic acids is 1. The Kier molecular flexibility index (Phi) is 4.24. The van der Waals surface area contributed by atoms with Gasteiger partial charge in [0.2, 0.25) is 0 Å². The summed E-state index contributed by atoms with van der Waals surface area (Å²) in [5.41, 5.74) is 7.81. The highest BCUT2D eigenvalue weighted by molar-refractivity contribution is 7.98. The van der Waals surface area contributed by atoms with Crippen molar-refractivity contribution in [2.75, 3.05) is 13.4 Å². The van der Waals surface area contributed by atoms with E-state index in [1.54, 1.807) is 10.7 Å². The number of hydrogen-bond donors (Lipinski definition) is 1. The fraction of sp³-hybridized carbons (Fsp3) is 0.231. The number of esters is 1. The predicted octanol–water partition coefficient (Wildman–Crippen LogP) is 1.84. The smallest absolute Gasteiger partial charge is 0.356 e. The molecule has 0 atom stereocenters. The molecule has 0 fully saturated rings. The molecule has 0 saturated heterocycles. The molecule has 0 spiro atoms. The van der Waals surface area contributed by atoms with Crippen LogP contribution in [0, 0.1) is 0 Å². The van der Waals surface area contributed by atoms with E-state index in [1.165, 1.54) is 18.9 Å². The Bertz CT molecular complexity index is 595. The summed E-state index contributed by atoms with van der Waals surface area (Å²) in [7, 11) is 1.36. The second kappa shape index (κ2) is 5.90. The van der Waals surface area contributed by atoms with E-state index in [-0.39, 0.29) is 0 Å². The molecule has 0 aliphatic heterocycles. The largest absolute Gasteiger partial charge is 0.464 e. The summed E-state index contributed by atoms with van der Waals surface area (Å²) in [6, 6.07) is 9.32. The molecule has 0 amide bonds. The minimum Gasteiger partial charge on any atom is -0.464 e. The van der Waals surface area contributed by atoms with E-state index in [0.29, 0.717) is 12.2 Å². The topological polar surface area (TPSA) is 70.1 Å². The number of benzene rings is 1. The maximum atomic E-state index is 11.8. The van der Waals surface area contributed by atoms with Crippen LogP contribution in [0.2, 0.25) is 0 Å². The number of aromatic nitrogens is 2. The van der Waals surface area contributed by atoms with Gasteiger partial charge in [0.15, 0.2) is 5.69 Å². The molecule has 2 rings (SSSR count). The average Bonchev–Trinajstić information content (AvgIpc) is 2.90. The molecule has 0 radical (unpaired) electrons. The Morgan fingerprint density at radius 2 is 2.26 bits per heavy atom. The normalized spacial score (nSPS) is 10.5. The van der Waals surface area contributed by atoms with Crippen LogP contribution in [0.3, 0.4) is 0 Å². The maximum absolute atomic E-state index is 11.8. The van der Waals surface area contributed by atoms with Gasteiger partial charge >= 0.3 is 5.97 Å². The molecule has 2 aromatic rings. The molecule has 0 bridgehead atoms. The second-order valence-corrected chi connectivity index (χ2v) is 4.68. The monoisotopic (exact) mass is 277 g/mol. The first-order chi connectivity index (χ1) is 9.19. The van der Waals surface area contributed by atoms with Crippen molar-refractivity contribution in [1.82, 2.24) is 9.78 Å². The molecule has 2 N–H and O–H groups in total. The minimum atomic E-state index is -0.411. The van der Waals surface area contributed by atoms with Crippen molar-refractivity contribution in [2.45, 2.75) is 11.6 Å².